The molecule has 17 heavy (non-hydrogen) atoms. The standard InChI is InChI=1S/C14H16FNS/c15-13-7-11(9-16)6-12(8-13)10-17-14-4-2-1-3-5-14/h6-8,14H,1-5,10H2. The van der Waals surface area contributed by atoms with Crippen LogP contribution in [0, 0.1) is 17.1 Å². The van der Waals surface area contributed by atoms with E-state index in [0.717, 1.165) is 16.6 Å². The van der Waals surface area contributed by atoms with Crippen molar-refractivity contribution in [3.05, 3.63) is 35.1 Å². The summed E-state index contributed by atoms with van der Waals surface area (Å²) in [5.41, 5.74) is 1.35. The molecule has 0 saturated heterocycles. The van der Waals surface area contributed by atoms with Gasteiger partial charge in [0.15, 0.2) is 0 Å². The van der Waals surface area contributed by atoms with Crippen LogP contribution in [-0.2, 0) is 5.75 Å². The monoisotopic (exact) mass is 249 g/mol. The highest BCUT2D eigenvalue weighted by atomic mass is 32.2. The van der Waals surface area contributed by atoms with E-state index < -0.39 is 0 Å². The predicted octanol–water partition coefficient (Wildman–Crippen LogP) is 4.26. The first-order valence-corrected chi connectivity index (χ1v) is 7.14. The third-order valence-electron chi connectivity index (χ3n) is 3.12. The van der Waals surface area contributed by atoms with E-state index in [-0.39, 0.29) is 5.82 Å². The molecule has 1 aliphatic rings. The van der Waals surface area contributed by atoms with Gasteiger partial charge < -0.3 is 0 Å². The normalized spacial score (nSPS) is 16.7. The van der Waals surface area contributed by atoms with Gasteiger partial charge in [0, 0.05) is 11.0 Å². The average molecular weight is 249 g/mol. The topological polar surface area (TPSA) is 23.8 Å². The van der Waals surface area contributed by atoms with Crippen molar-refractivity contribution < 1.29 is 4.39 Å². The Kier molecular flexibility index (Phi) is 4.44. The van der Waals surface area contributed by atoms with Gasteiger partial charge in [-0.25, -0.2) is 4.39 Å². The lowest BCUT2D eigenvalue weighted by Crippen LogP contribution is -2.08. The maximum atomic E-state index is 13.2. The van der Waals surface area contributed by atoms with Crippen LogP contribution in [0.15, 0.2) is 18.2 Å². The Morgan fingerprint density at radius 1 is 1.24 bits per heavy atom. The summed E-state index contributed by atoms with van der Waals surface area (Å²) >= 11 is 1.90. The van der Waals surface area contributed by atoms with E-state index in [4.69, 9.17) is 5.26 Å². The number of nitriles is 1. The lowest BCUT2D eigenvalue weighted by Gasteiger charge is -2.20. The number of benzene rings is 1. The van der Waals surface area contributed by atoms with Crippen LogP contribution < -0.4 is 0 Å². The first kappa shape index (κ1) is 12.4. The zero-order chi connectivity index (χ0) is 12.1. The molecule has 3 heteroatoms. The SMILES string of the molecule is N#Cc1cc(F)cc(CSC2CCCCC2)c1. The van der Waals surface area contributed by atoms with E-state index in [9.17, 15) is 4.39 Å². The summed E-state index contributed by atoms with van der Waals surface area (Å²) < 4.78 is 13.2. The molecule has 0 atom stereocenters. The van der Waals surface area contributed by atoms with Crippen molar-refractivity contribution in [1.29, 1.82) is 5.26 Å². The first-order chi connectivity index (χ1) is 8.28. The van der Waals surface area contributed by atoms with E-state index in [2.05, 4.69) is 0 Å². The van der Waals surface area contributed by atoms with Crippen molar-refractivity contribution in [3.63, 3.8) is 0 Å². The lowest BCUT2D eigenvalue weighted by molar-refractivity contribution is 0.516. The van der Waals surface area contributed by atoms with Crippen LogP contribution >= 0.6 is 11.8 Å². The van der Waals surface area contributed by atoms with Crippen LogP contribution in [0.2, 0.25) is 0 Å². The Bertz CT molecular complexity index is 419. The minimum atomic E-state index is -0.303. The van der Waals surface area contributed by atoms with Gasteiger partial charge in [0.25, 0.3) is 0 Å². The van der Waals surface area contributed by atoms with Crippen LogP contribution in [0.5, 0.6) is 0 Å². The van der Waals surface area contributed by atoms with Gasteiger partial charge in [-0.15, -0.1) is 0 Å². The Balaban J connectivity index is 1.94. The average Bonchev–Trinajstić information content (AvgIpc) is 2.37. The zero-order valence-electron chi connectivity index (χ0n) is 9.79. The summed E-state index contributed by atoms with van der Waals surface area (Å²) in [4.78, 5) is 0. The van der Waals surface area contributed by atoms with E-state index in [1.165, 1.54) is 44.2 Å². The van der Waals surface area contributed by atoms with Crippen LogP contribution in [-0.4, -0.2) is 5.25 Å². The van der Waals surface area contributed by atoms with E-state index in [0.29, 0.717) is 5.56 Å². The Hall–Kier alpha value is -1.01. The molecule has 0 aromatic heterocycles. The fourth-order valence-electron chi connectivity index (χ4n) is 2.24. The molecule has 1 nitrogen and oxygen atoms in total. The second kappa shape index (κ2) is 6.07. The quantitative estimate of drug-likeness (QED) is 0.799. The Labute approximate surface area is 106 Å². The molecule has 0 spiro atoms. The molecule has 0 heterocycles. The van der Waals surface area contributed by atoms with Crippen molar-refractivity contribution in [2.75, 3.05) is 0 Å². The van der Waals surface area contributed by atoms with Crippen molar-refractivity contribution in [3.8, 4) is 6.07 Å². The lowest BCUT2D eigenvalue weighted by atomic mass is 10.0. The largest absolute Gasteiger partial charge is 0.207 e. The third-order valence-corrected chi connectivity index (χ3v) is 4.57. The summed E-state index contributed by atoms with van der Waals surface area (Å²) in [5.74, 6) is 0.514. The molecule has 90 valence electrons. The molecule has 0 amide bonds. The molecule has 0 N–H and O–H groups in total. The molecule has 2 rings (SSSR count). The highest BCUT2D eigenvalue weighted by Gasteiger charge is 2.13. The van der Waals surface area contributed by atoms with Gasteiger partial charge in [0.05, 0.1) is 11.6 Å². The first-order valence-electron chi connectivity index (χ1n) is 6.09. The molecule has 1 aromatic rings. The van der Waals surface area contributed by atoms with Crippen molar-refractivity contribution >= 4 is 11.8 Å². The van der Waals surface area contributed by atoms with Crippen LogP contribution in [0.3, 0.4) is 0 Å². The van der Waals surface area contributed by atoms with E-state index in [1.807, 2.05) is 17.8 Å². The van der Waals surface area contributed by atoms with Crippen molar-refractivity contribution in [2.45, 2.75) is 43.1 Å². The minimum absolute atomic E-state index is 0.303. The third kappa shape index (κ3) is 3.74. The molecule has 0 radical (unpaired) electrons. The van der Waals surface area contributed by atoms with Crippen LogP contribution in [0.1, 0.15) is 43.2 Å². The summed E-state index contributed by atoms with van der Waals surface area (Å²) in [6.45, 7) is 0. The molecule has 1 fully saturated rings. The summed E-state index contributed by atoms with van der Waals surface area (Å²) in [6, 6.07) is 6.61. The molecule has 0 bridgehead atoms. The molecular formula is C14H16FNS. The fraction of sp³-hybridized carbons (Fsp3) is 0.500. The summed E-state index contributed by atoms with van der Waals surface area (Å²) in [7, 11) is 0. The minimum Gasteiger partial charge on any atom is -0.207 e. The van der Waals surface area contributed by atoms with Gasteiger partial charge in [-0.05, 0) is 36.6 Å². The van der Waals surface area contributed by atoms with Gasteiger partial charge in [-0.1, -0.05) is 19.3 Å². The maximum absolute atomic E-state index is 13.2. The number of hydrogen-bond acceptors (Lipinski definition) is 2. The van der Waals surface area contributed by atoms with E-state index in [1.54, 1.807) is 6.07 Å². The molecular weight excluding hydrogens is 233 g/mol. The van der Waals surface area contributed by atoms with Gasteiger partial charge in [-0.2, -0.15) is 17.0 Å². The van der Waals surface area contributed by atoms with Crippen LogP contribution in [0.25, 0.3) is 0 Å². The van der Waals surface area contributed by atoms with Crippen molar-refractivity contribution in [2.24, 2.45) is 0 Å². The van der Waals surface area contributed by atoms with Gasteiger partial charge in [-0.3, -0.25) is 0 Å². The number of thioether (sulfide) groups is 1. The summed E-state index contributed by atoms with van der Waals surface area (Å²) in [6.07, 6.45) is 6.57. The number of nitrogens with zero attached hydrogens (tertiary/aromatic N) is 1. The van der Waals surface area contributed by atoms with E-state index >= 15 is 0 Å². The van der Waals surface area contributed by atoms with Gasteiger partial charge in [0.1, 0.15) is 5.82 Å². The molecule has 0 aliphatic heterocycles. The predicted molar refractivity (Wildman–Crippen MR) is 69.3 cm³/mol. The zero-order valence-corrected chi connectivity index (χ0v) is 10.6. The molecule has 1 aromatic carbocycles. The summed E-state index contributed by atoms with van der Waals surface area (Å²) in [5, 5.41) is 9.50. The molecule has 1 aliphatic carbocycles. The number of hydrogen-bond donors (Lipinski definition) is 0. The second-order valence-corrected chi connectivity index (χ2v) is 5.82. The smallest absolute Gasteiger partial charge is 0.124 e. The maximum Gasteiger partial charge on any atom is 0.124 e. The molecule has 0 unspecified atom stereocenters. The Morgan fingerprint density at radius 3 is 2.71 bits per heavy atom. The highest BCUT2D eigenvalue weighted by molar-refractivity contribution is 7.99. The number of rotatable bonds is 3. The van der Waals surface area contributed by atoms with Gasteiger partial charge >= 0.3 is 0 Å². The van der Waals surface area contributed by atoms with Crippen molar-refractivity contribution in [1.82, 2.24) is 0 Å². The Morgan fingerprint density at radius 2 is 2.00 bits per heavy atom. The fourth-order valence-corrected chi connectivity index (χ4v) is 3.51. The molecule has 1 saturated carbocycles. The van der Waals surface area contributed by atoms with Crippen LogP contribution in [0.4, 0.5) is 4.39 Å². The number of halogens is 1. The van der Waals surface area contributed by atoms with Gasteiger partial charge in [0.2, 0.25) is 0 Å². The second-order valence-electron chi connectivity index (χ2n) is 4.53. The highest BCUT2D eigenvalue weighted by Crippen LogP contribution is 2.30.